The lowest BCUT2D eigenvalue weighted by Crippen LogP contribution is -1.90. The van der Waals surface area contributed by atoms with E-state index in [1.54, 1.807) is 18.5 Å². The summed E-state index contributed by atoms with van der Waals surface area (Å²) in [5.74, 6) is 0.261. The molecule has 4 nitrogen and oxygen atoms in total. The van der Waals surface area contributed by atoms with Crippen LogP contribution in [0.3, 0.4) is 0 Å². The van der Waals surface area contributed by atoms with Gasteiger partial charge in [-0.15, -0.1) is 0 Å². The number of phenolic OH excluding ortho intramolecular Hbond substituents is 1. The smallest absolute Gasteiger partial charge is 0.117 e. The largest absolute Gasteiger partial charge is 0.508 e. The first-order chi connectivity index (χ1) is 12.6. The normalized spacial score (nSPS) is 9.69. The van der Waals surface area contributed by atoms with Crippen molar-refractivity contribution in [1.29, 1.82) is 0 Å². The minimum Gasteiger partial charge on any atom is -0.508 e. The number of imidazole rings is 1. The zero-order chi connectivity index (χ0) is 19.4. The highest BCUT2D eigenvalue weighted by molar-refractivity contribution is 5.78. The molecule has 0 saturated carbocycles. The SMILES string of the molecule is CC=O.CCCCCC.Cc1ccc2c(c1)ncn2-c1cccc(O)c1. The summed E-state index contributed by atoms with van der Waals surface area (Å²) in [7, 11) is 0. The van der Waals surface area contributed by atoms with Crippen LogP contribution in [0.4, 0.5) is 0 Å². The van der Waals surface area contributed by atoms with Crippen LogP contribution in [0.25, 0.3) is 16.7 Å². The van der Waals surface area contributed by atoms with Gasteiger partial charge in [0, 0.05) is 6.07 Å². The van der Waals surface area contributed by atoms with E-state index in [1.165, 1.54) is 38.2 Å². The van der Waals surface area contributed by atoms with E-state index >= 15 is 0 Å². The summed E-state index contributed by atoms with van der Waals surface area (Å²) < 4.78 is 1.97. The maximum Gasteiger partial charge on any atom is 0.117 e. The summed E-state index contributed by atoms with van der Waals surface area (Å²) in [6, 6.07) is 13.3. The van der Waals surface area contributed by atoms with Gasteiger partial charge in [0.2, 0.25) is 0 Å². The van der Waals surface area contributed by atoms with Crippen LogP contribution in [-0.4, -0.2) is 20.9 Å². The lowest BCUT2D eigenvalue weighted by molar-refractivity contribution is -0.106. The number of rotatable bonds is 4. The molecule has 26 heavy (non-hydrogen) atoms. The van der Waals surface area contributed by atoms with E-state index in [-0.39, 0.29) is 5.75 Å². The van der Waals surface area contributed by atoms with Gasteiger partial charge in [0.15, 0.2) is 0 Å². The molecular formula is C22H30N2O2. The molecule has 0 bridgehead atoms. The number of aromatic hydroxyl groups is 1. The van der Waals surface area contributed by atoms with E-state index in [0.717, 1.165) is 23.0 Å². The van der Waals surface area contributed by atoms with Gasteiger partial charge in [0.1, 0.15) is 18.4 Å². The number of carbonyl (C=O) groups excluding carboxylic acids is 1. The Kier molecular flexibility index (Phi) is 9.77. The molecule has 3 rings (SSSR count). The molecule has 140 valence electrons. The first-order valence-corrected chi connectivity index (χ1v) is 9.20. The Bertz CT molecular complexity index is 790. The monoisotopic (exact) mass is 354 g/mol. The Morgan fingerprint density at radius 1 is 1.08 bits per heavy atom. The highest BCUT2D eigenvalue weighted by Gasteiger charge is 2.04. The van der Waals surface area contributed by atoms with Crippen LogP contribution in [0.1, 0.15) is 52.0 Å². The second-order valence-corrected chi connectivity index (χ2v) is 6.07. The molecule has 3 aromatic rings. The summed E-state index contributed by atoms with van der Waals surface area (Å²) >= 11 is 0. The Morgan fingerprint density at radius 2 is 1.73 bits per heavy atom. The van der Waals surface area contributed by atoms with Crippen LogP contribution in [0.5, 0.6) is 5.75 Å². The van der Waals surface area contributed by atoms with E-state index < -0.39 is 0 Å². The van der Waals surface area contributed by atoms with Gasteiger partial charge >= 0.3 is 0 Å². The molecule has 1 aromatic heterocycles. The van der Waals surface area contributed by atoms with Crippen molar-refractivity contribution in [3.8, 4) is 11.4 Å². The third-order valence-corrected chi connectivity index (χ3v) is 3.77. The summed E-state index contributed by atoms with van der Waals surface area (Å²) in [4.78, 5) is 13.2. The molecule has 0 amide bonds. The van der Waals surface area contributed by atoms with Crippen molar-refractivity contribution in [3.63, 3.8) is 0 Å². The summed E-state index contributed by atoms with van der Waals surface area (Å²) in [6.07, 6.45) is 8.06. The van der Waals surface area contributed by atoms with Crippen LogP contribution in [0, 0.1) is 6.92 Å². The topological polar surface area (TPSA) is 55.1 Å². The van der Waals surface area contributed by atoms with Crippen molar-refractivity contribution in [1.82, 2.24) is 9.55 Å². The Hall–Kier alpha value is -2.62. The maximum atomic E-state index is 9.49. The third-order valence-electron chi connectivity index (χ3n) is 3.77. The number of carbonyl (C=O) groups is 1. The molecule has 0 aliphatic carbocycles. The highest BCUT2D eigenvalue weighted by atomic mass is 16.3. The first-order valence-electron chi connectivity index (χ1n) is 9.20. The van der Waals surface area contributed by atoms with E-state index in [9.17, 15) is 5.11 Å². The van der Waals surface area contributed by atoms with Crippen LogP contribution < -0.4 is 0 Å². The van der Waals surface area contributed by atoms with E-state index in [2.05, 4.69) is 31.0 Å². The lowest BCUT2D eigenvalue weighted by Gasteiger charge is -2.04. The predicted octanol–water partition coefficient (Wildman–Crippen LogP) is 5.83. The lowest BCUT2D eigenvalue weighted by atomic mass is 10.2. The molecule has 0 atom stereocenters. The van der Waals surface area contributed by atoms with Crippen LogP contribution >= 0.6 is 0 Å². The molecule has 0 aliphatic heterocycles. The van der Waals surface area contributed by atoms with Gasteiger partial charge in [-0.05, 0) is 43.7 Å². The van der Waals surface area contributed by atoms with Gasteiger partial charge in [-0.3, -0.25) is 4.57 Å². The highest BCUT2D eigenvalue weighted by Crippen LogP contribution is 2.21. The summed E-state index contributed by atoms with van der Waals surface area (Å²) in [5.41, 5.74) is 4.12. The van der Waals surface area contributed by atoms with Crippen molar-refractivity contribution in [2.75, 3.05) is 0 Å². The molecule has 1 N–H and O–H groups in total. The molecule has 2 aromatic carbocycles. The molecular weight excluding hydrogens is 324 g/mol. The number of phenols is 1. The number of fused-ring (bicyclic) bond motifs is 1. The predicted molar refractivity (Wildman–Crippen MR) is 109 cm³/mol. The Morgan fingerprint density at radius 3 is 2.31 bits per heavy atom. The van der Waals surface area contributed by atoms with Gasteiger partial charge in [0.05, 0.1) is 16.7 Å². The van der Waals surface area contributed by atoms with Gasteiger partial charge in [0.25, 0.3) is 0 Å². The summed E-state index contributed by atoms with van der Waals surface area (Å²) in [5, 5.41) is 9.49. The standard InChI is InChI=1S/C14H12N2O.C6H14.C2H4O/c1-10-5-6-14-13(7-10)15-9-16(14)11-3-2-4-12(17)8-11;1-3-5-6-4-2;1-2-3/h2-9,17H,1H3;3-6H2,1-2H3;2H,1H3. The molecule has 0 radical (unpaired) electrons. The number of aromatic nitrogens is 2. The number of hydrogen-bond donors (Lipinski definition) is 1. The number of aldehydes is 1. The maximum absolute atomic E-state index is 9.49. The number of benzene rings is 2. The van der Waals surface area contributed by atoms with E-state index in [1.807, 2.05) is 29.7 Å². The Balaban J connectivity index is 0.000000318. The number of hydrogen-bond acceptors (Lipinski definition) is 3. The number of nitrogens with zero attached hydrogens (tertiary/aromatic N) is 2. The zero-order valence-corrected chi connectivity index (χ0v) is 16.3. The Labute approximate surface area is 156 Å². The second-order valence-electron chi connectivity index (χ2n) is 6.07. The zero-order valence-electron chi connectivity index (χ0n) is 16.3. The average molecular weight is 354 g/mol. The molecule has 0 spiro atoms. The number of unbranched alkanes of at least 4 members (excludes halogenated alkanes) is 3. The van der Waals surface area contributed by atoms with E-state index in [0.29, 0.717) is 0 Å². The van der Waals surface area contributed by atoms with Gasteiger partial charge in [-0.2, -0.15) is 0 Å². The van der Waals surface area contributed by atoms with Crippen molar-refractivity contribution >= 4 is 17.3 Å². The van der Waals surface area contributed by atoms with Crippen molar-refractivity contribution in [2.24, 2.45) is 0 Å². The van der Waals surface area contributed by atoms with Gasteiger partial charge < -0.3 is 9.90 Å². The van der Waals surface area contributed by atoms with Crippen molar-refractivity contribution in [2.45, 2.75) is 53.4 Å². The second kappa shape index (κ2) is 11.9. The van der Waals surface area contributed by atoms with Gasteiger partial charge in [-0.25, -0.2) is 4.98 Å². The van der Waals surface area contributed by atoms with E-state index in [4.69, 9.17) is 4.79 Å². The minimum absolute atomic E-state index is 0.261. The van der Waals surface area contributed by atoms with Gasteiger partial charge in [-0.1, -0.05) is 51.7 Å². The van der Waals surface area contributed by atoms with Crippen molar-refractivity contribution in [3.05, 3.63) is 54.4 Å². The van der Waals surface area contributed by atoms with Crippen LogP contribution in [0.2, 0.25) is 0 Å². The number of aryl methyl sites for hydroxylation is 1. The van der Waals surface area contributed by atoms with Crippen LogP contribution in [-0.2, 0) is 4.79 Å². The fraction of sp³-hybridized carbons (Fsp3) is 0.364. The molecule has 0 fully saturated rings. The molecule has 0 saturated heterocycles. The third kappa shape index (κ3) is 6.71. The molecule has 0 unspecified atom stereocenters. The molecule has 0 aliphatic rings. The fourth-order valence-electron chi connectivity index (χ4n) is 2.47. The minimum atomic E-state index is 0.261. The summed E-state index contributed by atoms with van der Waals surface area (Å²) in [6.45, 7) is 7.96. The molecule has 1 heterocycles. The quantitative estimate of drug-likeness (QED) is 0.473. The fourth-order valence-corrected chi connectivity index (χ4v) is 2.47. The van der Waals surface area contributed by atoms with Crippen LogP contribution in [0.15, 0.2) is 48.8 Å². The van der Waals surface area contributed by atoms with Crippen molar-refractivity contribution < 1.29 is 9.90 Å². The molecule has 4 heteroatoms. The average Bonchev–Trinajstić information content (AvgIpc) is 3.04. The first kappa shape index (κ1) is 21.4.